The standard InChI is InChI=1S/C13H21BrO6/c1-5-10-7(2)11(18-8(3)15)12(19-9(4)16)13(20-10)17-6-14/h7,10-13H,5-6H2,1-4H3/t7-,10-,11+,12-,13?/m1/s1. The van der Waals surface area contributed by atoms with Gasteiger partial charge in [-0.3, -0.25) is 9.59 Å². The lowest BCUT2D eigenvalue weighted by Gasteiger charge is -2.43. The summed E-state index contributed by atoms with van der Waals surface area (Å²) >= 11 is 3.16. The molecular weight excluding hydrogens is 332 g/mol. The maximum atomic E-state index is 11.3. The normalized spacial score (nSPS) is 33.5. The van der Waals surface area contributed by atoms with Gasteiger partial charge in [0, 0.05) is 19.8 Å². The number of ether oxygens (including phenoxy) is 4. The Morgan fingerprint density at radius 2 is 1.70 bits per heavy atom. The SMILES string of the molecule is CC[C@H]1OC(OCBr)[C@H](OC(C)=O)[C@@H](OC(C)=O)[C@@H]1C. The molecule has 0 amide bonds. The molecule has 1 aliphatic rings. The second-order valence-electron chi connectivity index (χ2n) is 4.73. The largest absolute Gasteiger partial charge is 0.458 e. The lowest BCUT2D eigenvalue weighted by atomic mass is 9.89. The van der Waals surface area contributed by atoms with Crippen molar-refractivity contribution in [3.8, 4) is 0 Å². The van der Waals surface area contributed by atoms with Crippen molar-refractivity contribution in [3.63, 3.8) is 0 Å². The molecule has 5 atom stereocenters. The van der Waals surface area contributed by atoms with Gasteiger partial charge in [0.05, 0.1) is 6.10 Å². The molecule has 1 saturated heterocycles. The summed E-state index contributed by atoms with van der Waals surface area (Å²) in [6.07, 6.45) is -1.50. The Morgan fingerprint density at radius 3 is 2.15 bits per heavy atom. The molecule has 1 fully saturated rings. The number of alkyl halides is 1. The van der Waals surface area contributed by atoms with Crippen LogP contribution in [-0.2, 0) is 28.5 Å². The lowest BCUT2D eigenvalue weighted by Crippen LogP contribution is -2.57. The van der Waals surface area contributed by atoms with Gasteiger partial charge in [-0.25, -0.2) is 0 Å². The zero-order valence-electron chi connectivity index (χ0n) is 12.1. The predicted molar refractivity (Wildman–Crippen MR) is 74.1 cm³/mol. The van der Waals surface area contributed by atoms with Crippen molar-refractivity contribution in [2.75, 3.05) is 5.52 Å². The van der Waals surface area contributed by atoms with Crippen molar-refractivity contribution < 1.29 is 28.5 Å². The molecule has 0 bridgehead atoms. The Labute approximate surface area is 127 Å². The summed E-state index contributed by atoms with van der Waals surface area (Å²) in [7, 11) is 0. The molecule has 1 heterocycles. The minimum atomic E-state index is -0.772. The smallest absolute Gasteiger partial charge is 0.303 e. The van der Waals surface area contributed by atoms with Crippen LogP contribution in [0.3, 0.4) is 0 Å². The average Bonchev–Trinajstić information content (AvgIpc) is 2.36. The van der Waals surface area contributed by atoms with E-state index in [1.54, 1.807) is 0 Å². The second kappa shape index (κ2) is 7.95. The molecule has 0 saturated carbocycles. The number of carbonyl (C=O) groups excluding carboxylic acids is 2. The Bertz CT molecular complexity index is 332. The molecule has 6 nitrogen and oxygen atoms in total. The number of esters is 2. The molecule has 20 heavy (non-hydrogen) atoms. The predicted octanol–water partition coefficient (Wildman–Crippen LogP) is 1.99. The summed E-state index contributed by atoms with van der Waals surface area (Å²) in [5, 5.41) is 0. The van der Waals surface area contributed by atoms with Crippen LogP contribution in [0.2, 0.25) is 0 Å². The zero-order chi connectivity index (χ0) is 15.3. The Balaban J connectivity index is 2.98. The van der Waals surface area contributed by atoms with E-state index < -0.39 is 30.4 Å². The van der Waals surface area contributed by atoms with Crippen LogP contribution >= 0.6 is 15.9 Å². The van der Waals surface area contributed by atoms with Crippen LogP contribution in [0.15, 0.2) is 0 Å². The summed E-state index contributed by atoms with van der Waals surface area (Å²) in [5.74, 6) is -0.988. The molecule has 0 aromatic carbocycles. The monoisotopic (exact) mass is 352 g/mol. The fourth-order valence-corrected chi connectivity index (χ4v) is 2.64. The van der Waals surface area contributed by atoms with E-state index in [-0.39, 0.29) is 17.5 Å². The molecule has 1 aliphatic heterocycles. The number of carbonyl (C=O) groups is 2. The Hall–Kier alpha value is -0.660. The van der Waals surface area contributed by atoms with E-state index in [4.69, 9.17) is 18.9 Å². The van der Waals surface area contributed by atoms with Gasteiger partial charge in [0.25, 0.3) is 0 Å². The minimum absolute atomic E-state index is 0.0941. The van der Waals surface area contributed by atoms with Gasteiger partial charge in [0.15, 0.2) is 12.4 Å². The first-order valence-corrected chi connectivity index (χ1v) is 7.70. The highest BCUT2D eigenvalue weighted by atomic mass is 79.9. The van der Waals surface area contributed by atoms with Gasteiger partial charge in [0.1, 0.15) is 11.6 Å². The van der Waals surface area contributed by atoms with E-state index in [9.17, 15) is 9.59 Å². The number of hydrogen-bond donors (Lipinski definition) is 0. The molecule has 116 valence electrons. The van der Waals surface area contributed by atoms with E-state index in [1.807, 2.05) is 13.8 Å². The molecule has 1 rings (SSSR count). The van der Waals surface area contributed by atoms with E-state index in [2.05, 4.69) is 15.9 Å². The summed E-state index contributed by atoms with van der Waals surface area (Å²) in [5.41, 5.74) is 0.229. The van der Waals surface area contributed by atoms with Gasteiger partial charge < -0.3 is 18.9 Å². The summed E-state index contributed by atoms with van der Waals surface area (Å²) in [4.78, 5) is 22.6. The third-order valence-electron chi connectivity index (χ3n) is 3.24. The molecule has 0 aliphatic carbocycles. The highest BCUT2D eigenvalue weighted by Gasteiger charge is 2.47. The summed E-state index contributed by atoms with van der Waals surface area (Å²) < 4.78 is 21.8. The van der Waals surface area contributed by atoms with Crippen LogP contribution in [0, 0.1) is 5.92 Å². The highest BCUT2D eigenvalue weighted by Crippen LogP contribution is 2.32. The molecule has 0 radical (unpaired) electrons. The fourth-order valence-electron chi connectivity index (χ4n) is 2.38. The van der Waals surface area contributed by atoms with Gasteiger partial charge in [-0.1, -0.05) is 29.8 Å². The third-order valence-corrected chi connectivity index (χ3v) is 3.50. The first kappa shape index (κ1) is 17.4. The van der Waals surface area contributed by atoms with Crippen LogP contribution < -0.4 is 0 Å². The number of hydrogen-bond acceptors (Lipinski definition) is 6. The van der Waals surface area contributed by atoms with Gasteiger partial charge in [-0.05, 0) is 6.42 Å². The number of halogens is 1. The maximum Gasteiger partial charge on any atom is 0.303 e. The highest BCUT2D eigenvalue weighted by molar-refractivity contribution is 9.09. The van der Waals surface area contributed by atoms with Crippen molar-refractivity contribution in [2.24, 2.45) is 5.92 Å². The van der Waals surface area contributed by atoms with Crippen LogP contribution in [0.4, 0.5) is 0 Å². The summed E-state index contributed by atoms with van der Waals surface area (Å²) in [6, 6.07) is 0. The van der Waals surface area contributed by atoms with Gasteiger partial charge in [0.2, 0.25) is 0 Å². The molecule has 0 aromatic rings. The van der Waals surface area contributed by atoms with Crippen LogP contribution in [0.1, 0.15) is 34.1 Å². The molecule has 7 heteroatoms. The first-order chi connectivity index (χ1) is 9.40. The third kappa shape index (κ3) is 4.43. The lowest BCUT2D eigenvalue weighted by molar-refractivity contribution is -0.285. The molecule has 0 aromatic heterocycles. The Morgan fingerprint density at radius 1 is 1.15 bits per heavy atom. The van der Waals surface area contributed by atoms with E-state index in [0.717, 1.165) is 6.42 Å². The van der Waals surface area contributed by atoms with Crippen LogP contribution in [-0.4, -0.2) is 42.1 Å². The molecule has 0 N–H and O–H groups in total. The minimum Gasteiger partial charge on any atom is -0.458 e. The second-order valence-corrected chi connectivity index (χ2v) is 5.19. The van der Waals surface area contributed by atoms with Crippen molar-refractivity contribution in [1.29, 1.82) is 0 Å². The van der Waals surface area contributed by atoms with Gasteiger partial charge in [-0.2, -0.15) is 0 Å². The van der Waals surface area contributed by atoms with Crippen LogP contribution in [0.25, 0.3) is 0 Å². The fraction of sp³-hybridized carbons (Fsp3) is 0.846. The molecular formula is C13H21BrO6. The van der Waals surface area contributed by atoms with Crippen molar-refractivity contribution in [1.82, 2.24) is 0 Å². The van der Waals surface area contributed by atoms with Crippen molar-refractivity contribution in [2.45, 2.75) is 58.7 Å². The van der Waals surface area contributed by atoms with Crippen molar-refractivity contribution >= 4 is 27.9 Å². The Kier molecular flexibility index (Phi) is 6.91. The quantitative estimate of drug-likeness (QED) is 0.556. The molecule has 1 unspecified atom stereocenters. The maximum absolute atomic E-state index is 11.3. The topological polar surface area (TPSA) is 71.1 Å². The van der Waals surface area contributed by atoms with Crippen LogP contribution in [0.5, 0.6) is 0 Å². The van der Waals surface area contributed by atoms with Gasteiger partial charge >= 0.3 is 11.9 Å². The summed E-state index contributed by atoms with van der Waals surface area (Å²) in [6.45, 7) is 6.51. The van der Waals surface area contributed by atoms with Crippen molar-refractivity contribution in [3.05, 3.63) is 0 Å². The van der Waals surface area contributed by atoms with Gasteiger partial charge in [-0.15, -0.1) is 0 Å². The molecule has 0 spiro atoms. The first-order valence-electron chi connectivity index (χ1n) is 6.58. The zero-order valence-corrected chi connectivity index (χ0v) is 13.7. The average molecular weight is 353 g/mol. The van der Waals surface area contributed by atoms with E-state index in [1.165, 1.54) is 13.8 Å². The number of rotatable bonds is 5. The van der Waals surface area contributed by atoms with E-state index >= 15 is 0 Å². The van der Waals surface area contributed by atoms with E-state index in [0.29, 0.717) is 0 Å².